The quantitative estimate of drug-likeness (QED) is 0.803. The average Bonchev–Trinajstić information content (AvgIpc) is 2.55. The average molecular weight is 334 g/mol. The molecular formula is C17H22N2O5. The van der Waals surface area contributed by atoms with Crippen LogP contribution >= 0.6 is 0 Å². The van der Waals surface area contributed by atoms with E-state index in [4.69, 9.17) is 14.6 Å². The van der Waals surface area contributed by atoms with Crippen LogP contribution in [0.25, 0.3) is 0 Å². The van der Waals surface area contributed by atoms with Crippen molar-refractivity contribution in [3.05, 3.63) is 24.3 Å². The second-order valence-electron chi connectivity index (χ2n) is 6.15. The van der Waals surface area contributed by atoms with E-state index in [0.29, 0.717) is 18.0 Å². The molecule has 1 unspecified atom stereocenters. The first-order valence-electron chi connectivity index (χ1n) is 8.21. The van der Waals surface area contributed by atoms with Crippen molar-refractivity contribution in [3.63, 3.8) is 0 Å². The zero-order valence-electron chi connectivity index (χ0n) is 13.6. The van der Waals surface area contributed by atoms with Crippen LogP contribution < -0.4 is 14.8 Å². The Morgan fingerprint density at radius 2 is 2.00 bits per heavy atom. The Hall–Kier alpha value is -2.28. The van der Waals surface area contributed by atoms with E-state index in [2.05, 4.69) is 5.32 Å². The molecule has 2 N–H and O–H groups in total. The number of fused-ring (bicyclic) bond motifs is 1. The highest BCUT2D eigenvalue weighted by Gasteiger charge is 2.37. The Morgan fingerprint density at radius 1 is 1.29 bits per heavy atom. The van der Waals surface area contributed by atoms with Crippen LogP contribution in [0.3, 0.4) is 0 Å². The van der Waals surface area contributed by atoms with Crippen molar-refractivity contribution in [3.8, 4) is 11.5 Å². The van der Waals surface area contributed by atoms with Gasteiger partial charge in [0, 0.05) is 12.1 Å². The lowest BCUT2D eigenvalue weighted by Crippen LogP contribution is -2.57. The number of carbonyl (C=O) groups is 2. The van der Waals surface area contributed by atoms with E-state index >= 15 is 0 Å². The Labute approximate surface area is 140 Å². The molecule has 7 nitrogen and oxygen atoms in total. The lowest BCUT2D eigenvalue weighted by atomic mass is 9.85. The smallest absolute Gasteiger partial charge is 0.317 e. The van der Waals surface area contributed by atoms with Gasteiger partial charge in [-0.15, -0.1) is 0 Å². The molecule has 1 amide bonds. The molecule has 24 heavy (non-hydrogen) atoms. The number of nitrogens with one attached hydrogen (secondary N) is 1. The summed E-state index contributed by atoms with van der Waals surface area (Å²) in [6.45, 7) is 2.87. The molecule has 1 aliphatic carbocycles. The fourth-order valence-electron chi connectivity index (χ4n) is 3.12. The molecule has 1 aliphatic heterocycles. The number of hydrogen-bond acceptors (Lipinski definition) is 5. The Kier molecular flexibility index (Phi) is 4.89. The van der Waals surface area contributed by atoms with Crippen molar-refractivity contribution in [2.24, 2.45) is 0 Å². The number of nitrogens with zero attached hydrogens (tertiary/aromatic N) is 1. The Balaban J connectivity index is 1.47. The van der Waals surface area contributed by atoms with Gasteiger partial charge in [-0.05, 0) is 31.5 Å². The van der Waals surface area contributed by atoms with Crippen molar-refractivity contribution < 1.29 is 24.2 Å². The number of carbonyl (C=O) groups excluding carboxylic acids is 1. The van der Waals surface area contributed by atoms with E-state index in [1.54, 1.807) is 6.07 Å². The minimum absolute atomic E-state index is 0.0399. The third-order valence-corrected chi connectivity index (χ3v) is 4.52. The summed E-state index contributed by atoms with van der Waals surface area (Å²) in [6, 6.07) is 7.54. The molecule has 0 bridgehead atoms. The van der Waals surface area contributed by atoms with E-state index < -0.39 is 12.1 Å². The second-order valence-corrected chi connectivity index (χ2v) is 6.15. The fourth-order valence-corrected chi connectivity index (χ4v) is 3.12. The molecule has 3 rings (SSSR count). The summed E-state index contributed by atoms with van der Waals surface area (Å²) in [6.07, 6.45) is 0.869. The van der Waals surface area contributed by atoms with E-state index in [0.717, 1.165) is 12.8 Å². The Morgan fingerprint density at radius 3 is 2.67 bits per heavy atom. The molecule has 0 saturated heterocycles. The molecule has 0 radical (unpaired) electrons. The molecule has 130 valence electrons. The topological polar surface area (TPSA) is 88.1 Å². The second kappa shape index (κ2) is 7.09. The third kappa shape index (κ3) is 3.62. The highest BCUT2D eigenvalue weighted by Crippen LogP contribution is 2.31. The normalized spacial score (nSPS) is 25.0. The van der Waals surface area contributed by atoms with Gasteiger partial charge in [0.1, 0.15) is 6.61 Å². The number of likely N-dealkylation sites (N-methyl/N-ethyl adjacent to an activating group) is 1. The number of para-hydroxylation sites is 2. The number of ether oxygens (including phenoxy) is 2. The van der Waals surface area contributed by atoms with Gasteiger partial charge in [-0.1, -0.05) is 19.1 Å². The summed E-state index contributed by atoms with van der Waals surface area (Å²) < 4.78 is 11.2. The van der Waals surface area contributed by atoms with Crippen LogP contribution in [0.15, 0.2) is 24.3 Å². The van der Waals surface area contributed by atoms with Crippen molar-refractivity contribution in [1.82, 2.24) is 10.2 Å². The SMILES string of the molecule is CCN(CC(=O)O)C1CC(NC(=O)C2COc3ccccc3O2)C1. The zero-order chi connectivity index (χ0) is 17.1. The Bertz CT molecular complexity index is 615. The van der Waals surface area contributed by atoms with Crippen molar-refractivity contribution in [1.29, 1.82) is 0 Å². The zero-order valence-corrected chi connectivity index (χ0v) is 13.6. The third-order valence-electron chi connectivity index (χ3n) is 4.52. The van der Waals surface area contributed by atoms with E-state index in [1.165, 1.54) is 0 Å². The van der Waals surface area contributed by atoms with Gasteiger partial charge in [0.2, 0.25) is 6.10 Å². The molecule has 1 aromatic rings. The molecule has 1 fully saturated rings. The molecule has 2 aliphatic rings. The maximum atomic E-state index is 12.3. The number of hydrogen-bond donors (Lipinski definition) is 2. The molecule has 1 aromatic carbocycles. The van der Waals surface area contributed by atoms with Crippen LogP contribution in [0.2, 0.25) is 0 Å². The molecule has 1 saturated carbocycles. The number of carboxylic acid groups (broad SMARTS) is 1. The van der Waals surface area contributed by atoms with Crippen molar-refractivity contribution >= 4 is 11.9 Å². The maximum Gasteiger partial charge on any atom is 0.317 e. The number of amides is 1. The summed E-state index contributed by atoms with van der Waals surface area (Å²) in [5, 5.41) is 11.9. The van der Waals surface area contributed by atoms with Gasteiger partial charge in [0.25, 0.3) is 5.91 Å². The minimum atomic E-state index is -0.823. The van der Waals surface area contributed by atoms with Gasteiger partial charge in [-0.25, -0.2) is 0 Å². The first-order valence-corrected chi connectivity index (χ1v) is 8.21. The van der Waals surface area contributed by atoms with Crippen LogP contribution in [0.1, 0.15) is 19.8 Å². The first-order chi connectivity index (χ1) is 11.6. The highest BCUT2D eigenvalue weighted by atomic mass is 16.6. The van der Waals surface area contributed by atoms with Gasteiger partial charge >= 0.3 is 5.97 Å². The summed E-state index contributed by atoms with van der Waals surface area (Å²) in [7, 11) is 0. The predicted octanol–water partition coefficient (Wildman–Crippen LogP) is 0.880. The van der Waals surface area contributed by atoms with E-state index in [1.807, 2.05) is 30.0 Å². The van der Waals surface area contributed by atoms with Gasteiger partial charge in [0.05, 0.1) is 6.54 Å². The fraction of sp³-hybridized carbons (Fsp3) is 0.529. The number of rotatable bonds is 6. The van der Waals surface area contributed by atoms with E-state index in [9.17, 15) is 9.59 Å². The van der Waals surface area contributed by atoms with E-state index in [-0.39, 0.29) is 31.1 Å². The van der Waals surface area contributed by atoms with Crippen LogP contribution in [0, 0.1) is 0 Å². The molecule has 1 heterocycles. The largest absolute Gasteiger partial charge is 0.485 e. The molecule has 0 spiro atoms. The van der Waals surface area contributed by atoms with Crippen LogP contribution in [0.4, 0.5) is 0 Å². The summed E-state index contributed by atoms with van der Waals surface area (Å²) >= 11 is 0. The maximum absolute atomic E-state index is 12.3. The lowest BCUT2D eigenvalue weighted by Gasteiger charge is -2.42. The monoisotopic (exact) mass is 334 g/mol. The van der Waals surface area contributed by atoms with Crippen molar-refractivity contribution in [2.75, 3.05) is 19.7 Å². The molecule has 0 aromatic heterocycles. The van der Waals surface area contributed by atoms with Crippen LogP contribution in [-0.4, -0.2) is 59.8 Å². The first kappa shape index (κ1) is 16.6. The minimum Gasteiger partial charge on any atom is -0.485 e. The summed E-state index contributed by atoms with van der Waals surface area (Å²) in [4.78, 5) is 25.1. The van der Waals surface area contributed by atoms with Gasteiger partial charge < -0.3 is 19.9 Å². The van der Waals surface area contributed by atoms with Gasteiger partial charge in [-0.2, -0.15) is 0 Å². The highest BCUT2D eigenvalue weighted by molar-refractivity contribution is 5.82. The summed E-state index contributed by atoms with van der Waals surface area (Å²) in [5.41, 5.74) is 0. The van der Waals surface area contributed by atoms with Gasteiger partial charge in [0.15, 0.2) is 11.5 Å². The molecular weight excluding hydrogens is 312 g/mol. The molecule has 1 atom stereocenters. The summed E-state index contributed by atoms with van der Waals surface area (Å²) in [5.74, 6) is 0.219. The van der Waals surface area contributed by atoms with Crippen LogP contribution in [0.5, 0.6) is 11.5 Å². The predicted molar refractivity (Wildman–Crippen MR) is 86.2 cm³/mol. The molecule has 7 heteroatoms. The van der Waals surface area contributed by atoms with Crippen molar-refractivity contribution in [2.45, 2.75) is 38.0 Å². The number of aliphatic carboxylic acids is 1. The standard InChI is InChI=1S/C17H22N2O5/c1-2-19(9-16(20)21)12-7-11(8-12)18-17(22)15-10-23-13-5-3-4-6-14(13)24-15/h3-6,11-12,15H,2,7-10H2,1H3,(H,18,22)(H,20,21). The van der Waals surface area contributed by atoms with Crippen LogP contribution in [-0.2, 0) is 9.59 Å². The van der Waals surface area contributed by atoms with Gasteiger partial charge in [-0.3, -0.25) is 14.5 Å². The number of benzene rings is 1. The lowest BCUT2D eigenvalue weighted by molar-refractivity contribution is -0.140. The number of carboxylic acids is 1.